The number of benzene rings is 2. The van der Waals surface area contributed by atoms with Gasteiger partial charge in [-0.1, -0.05) is 56.2 Å². The average molecular weight is 343 g/mol. The SMILES string of the molecule is Brc1ccc(/C=N\n2nnnc2Nc2ccccc2)cc1. The molecule has 1 heterocycles. The molecule has 2 aromatic carbocycles. The van der Waals surface area contributed by atoms with Crippen LogP contribution in [0.25, 0.3) is 0 Å². The molecule has 6 nitrogen and oxygen atoms in total. The molecule has 7 heteroatoms. The van der Waals surface area contributed by atoms with Crippen molar-refractivity contribution < 1.29 is 0 Å². The molecule has 0 spiro atoms. The van der Waals surface area contributed by atoms with E-state index in [2.05, 4.69) is 41.9 Å². The molecular weight excluding hydrogens is 332 g/mol. The van der Waals surface area contributed by atoms with Crippen molar-refractivity contribution in [1.29, 1.82) is 0 Å². The van der Waals surface area contributed by atoms with Gasteiger partial charge in [-0.15, -0.1) is 0 Å². The molecule has 1 aromatic heterocycles. The van der Waals surface area contributed by atoms with E-state index in [1.54, 1.807) is 6.21 Å². The second-order valence-corrected chi connectivity index (χ2v) is 5.09. The molecule has 0 aliphatic heterocycles. The fourth-order valence-electron chi connectivity index (χ4n) is 1.66. The molecule has 104 valence electrons. The van der Waals surface area contributed by atoms with Crippen molar-refractivity contribution >= 4 is 33.8 Å². The Hall–Kier alpha value is -2.54. The molecule has 3 aromatic rings. The standard InChI is InChI=1S/C14H11BrN6/c15-12-8-6-11(7-9-12)10-16-21-14(18-19-20-21)17-13-4-2-1-3-5-13/h1-10H,(H,17,18,20)/b16-10-. The maximum Gasteiger partial charge on any atom is 0.269 e. The van der Waals surface area contributed by atoms with Crippen LogP contribution in [0.15, 0.2) is 64.2 Å². The van der Waals surface area contributed by atoms with Crippen LogP contribution in [0.1, 0.15) is 5.56 Å². The molecule has 3 rings (SSSR count). The van der Waals surface area contributed by atoms with Crippen molar-refractivity contribution in [3.63, 3.8) is 0 Å². The fraction of sp³-hybridized carbons (Fsp3) is 0. The van der Waals surface area contributed by atoms with Crippen LogP contribution in [0.4, 0.5) is 11.6 Å². The maximum absolute atomic E-state index is 4.24. The molecule has 0 saturated carbocycles. The number of hydrogen-bond acceptors (Lipinski definition) is 5. The lowest BCUT2D eigenvalue weighted by molar-refractivity contribution is 0.699. The third kappa shape index (κ3) is 3.51. The Morgan fingerprint density at radius 3 is 2.57 bits per heavy atom. The predicted molar refractivity (Wildman–Crippen MR) is 84.7 cm³/mol. The molecule has 0 fully saturated rings. The smallest absolute Gasteiger partial charge is 0.269 e. The lowest BCUT2D eigenvalue weighted by Crippen LogP contribution is -2.01. The number of rotatable bonds is 4. The summed E-state index contributed by atoms with van der Waals surface area (Å²) in [6.45, 7) is 0. The number of anilines is 2. The largest absolute Gasteiger partial charge is 0.321 e. The summed E-state index contributed by atoms with van der Waals surface area (Å²) in [7, 11) is 0. The zero-order valence-electron chi connectivity index (χ0n) is 10.9. The van der Waals surface area contributed by atoms with Gasteiger partial charge < -0.3 is 5.32 Å². The second kappa shape index (κ2) is 6.27. The van der Waals surface area contributed by atoms with E-state index >= 15 is 0 Å². The number of halogens is 1. The van der Waals surface area contributed by atoms with Gasteiger partial charge in [0.1, 0.15) is 0 Å². The van der Waals surface area contributed by atoms with Crippen LogP contribution in [0.2, 0.25) is 0 Å². The summed E-state index contributed by atoms with van der Waals surface area (Å²) in [6.07, 6.45) is 1.69. The molecule has 21 heavy (non-hydrogen) atoms. The maximum atomic E-state index is 4.24. The first-order valence-corrected chi connectivity index (χ1v) is 7.01. The number of hydrogen-bond donors (Lipinski definition) is 1. The van der Waals surface area contributed by atoms with Gasteiger partial charge in [-0.3, -0.25) is 0 Å². The summed E-state index contributed by atoms with van der Waals surface area (Å²) in [5.41, 5.74) is 1.85. The molecule has 0 bridgehead atoms. The quantitative estimate of drug-likeness (QED) is 0.740. The lowest BCUT2D eigenvalue weighted by Gasteiger charge is -2.02. The highest BCUT2D eigenvalue weighted by Gasteiger charge is 2.04. The Bertz CT molecular complexity index is 736. The zero-order chi connectivity index (χ0) is 14.5. The third-order valence-electron chi connectivity index (χ3n) is 2.67. The summed E-state index contributed by atoms with van der Waals surface area (Å²) >= 11 is 3.39. The third-order valence-corrected chi connectivity index (χ3v) is 3.20. The highest BCUT2D eigenvalue weighted by molar-refractivity contribution is 9.10. The van der Waals surface area contributed by atoms with Crippen molar-refractivity contribution in [1.82, 2.24) is 20.3 Å². The first-order valence-electron chi connectivity index (χ1n) is 6.22. The highest BCUT2D eigenvalue weighted by atomic mass is 79.9. The van der Waals surface area contributed by atoms with Gasteiger partial charge in [-0.2, -0.15) is 5.10 Å². The Balaban J connectivity index is 1.78. The zero-order valence-corrected chi connectivity index (χ0v) is 12.5. The number of tetrazole rings is 1. The Morgan fingerprint density at radius 1 is 1.05 bits per heavy atom. The van der Waals surface area contributed by atoms with Gasteiger partial charge in [0.2, 0.25) is 0 Å². The molecule has 0 amide bonds. The summed E-state index contributed by atoms with van der Waals surface area (Å²) in [4.78, 5) is 1.34. The fourth-order valence-corrected chi connectivity index (χ4v) is 1.92. The minimum Gasteiger partial charge on any atom is -0.321 e. The summed E-state index contributed by atoms with van der Waals surface area (Å²) in [6, 6.07) is 17.5. The first-order chi connectivity index (χ1) is 10.3. The number of nitrogens with one attached hydrogen (secondary N) is 1. The van der Waals surface area contributed by atoms with Crippen LogP contribution in [-0.2, 0) is 0 Å². The van der Waals surface area contributed by atoms with E-state index in [4.69, 9.17) is 0 Å². The van der Waals surface area contributed by atoms with Gasteiger partial charge in [0, 0.05) is 10.2 Å². The van der Waals surface area contributed by atoms with Crippen LogP contribution in [0.5, 0.6) is 0 Å². The Morgan fingerprint density at radius 2 is 1.81 bits per heavy atom. The lowest BCUT2D eigenvalue weighted by atomic mass is 10.2. The van der Waals surface area contributed by atoms with E-state index in [0.29, 0.717) is 5.95 Å². The topological polar surface area (TPSA) is 68.0 Å². The van der Waals surface area contributed by atoms with Crippen LogP contribution in [0.3, 0.4) is 0 Å². The van der Waals surface area contributed by atoms with E-state index in [1.165, 1.54) is 4.79 Å². The van der Waals surface area contributed by atoms with Gasteiger partial charge >= 0.3 is 0 Å². The van der Waals surface area contributed by atoms with Gasteiger partial charge in [0.05, 0.1) is 6.21 Å². The number of para-hydroxylation sites is 1. The first kappa shape index (κ1) is 13.4. The minimum atomic E-state index is 0.453. The minimum absolute atomic E-state index is 0.453. The molecular formula is C14H11BrN6. The van der Waals surface area contributed by atoms with E-state index < -0.39 is 0 Å². The van der Waals surface area contributed by atoms with Crippen molar-refractivity contribution in [3.8, 4) is 0 Å². The molecule has 0 aliphatic carbocycles. The normalized spacial score (nSPS) is 10.9. The van der Waals surface area contributed by atoms with Crippen molar-refractivity contribution in [3.05, 3.63) is 64.6 Å². The summed E-state index contributed by atoms with van der Waals surface area (Å²) in [5.74, 6) is 0.453. The van der Waals surface area contributed by atoms with E-state index in [1.807, 2.05) is 54.6 Å². The van der Waals surface area contributed by atoms with Crippen LogP contribution in [-0.4, -0.2) is 26.5 Å². The number of nitrogens with zero attached hydrogens (tertiary/aromatic N) is 5. The van der Waals surface area contributed by atoms with Crippen molar-refractivity contribution in [2.24, 2.45) is 5.10 Å². The van der Waals surface area contributed by atoms with E-state index in [-0.39, 0.29) is 0 Å². The van der Waals surface area contributed by atoms with Crippen LogP contribution in [0, 0.1) is 0 Å². The molecule has 0 aliphatic rings. The Kier molecular flexibility index (Phi) is 4.02. The van der Waals surface area contributed by atoms with Gasteiger partial charge in [0.15, 0.2) is 0 Å². The Labute approximate surface area is 129 Å². The van der Waals surface area contributed by atoms with Gasteiger partial charge in [-0.05, 0) is 40.3 Å². The molecule has 0 saturated heterocycles. The van der Waals surface area contributed by atoms with Crippen molar-refractivity contribution in [2.75, 3.05) is 5.32 Å². The van der Waals surface area contributed by atoms with Crippen molar-refractivity contribution in [2.45, 2.75) is 0 Å². The highest BCUT2D eigenvalue weighted by Crippen LogP contribution is 2.12. The molecule has 1 N–H and O–H groups in total. The second-order valence-electron chi connectivity index (χ2n) is 4.18. The number of aromatic nitrogens is 4. The average Bonchev–Trinajstić information content (AvgIpc) is 2.95. The van der Waals surface area contributed by atoms with E-state index in [0.717, 1.165) is 15.7 Å². The van der Waals surface area contributed by atoms with Crippen LogP contribution < -0.4 is 5.32 Å². The summed E-state index contributed by atoms with van der Waals surface area (Å²) in [5, 5.41) is 18.7. The van der Waals surface area contributed by atoms with Gasteiger partial charge in [-0.25, -0.2) is 0 Å². The molecule has 0 atom stereocenters. The predicted octanol–water partition coefficient (Wildman–Crippen LogP) is 3.06. The molecule has 0 unspecified atom stereocenters. The monoisotopic (exact) mass is 342 g/mol. The summed E-state index contributed by atoms with van der Waals surface area (Å²) < 4.78 is 1.02. The van der Waals surface area contributed by atoms with Gasteiger partial charge in [0.25, 0.3) is 5.95 Å². The van der Waals surface area contributed by atoms with Crippen LogP contribution >= 0.6 is 15.9 Å². The molecule has 0 radical (unpaired) electrons. The van der Waals surface area contributed by atoms with E-state index in [9.17, 15) is 0 Å².